The molecule has 0 amide bonds. The molecular weight excluding hydrogens is 317 g/mol. The lowest BCUT2D eigenvalue weighted by Crippen LogP contribution is -2.51. The molecule has 2 rings (SSSR count). The Balaban J connectivity index is 1.89. The van der Waals surface area contributed by atoms with Crippen LogP contribution in [0.25, 0.3) is 0 Å². The van der Waals surface area contributed by atoms with Crippen molar-refractivity contribution >= 4 is 40.9 Å². The molecular formula is C14H17Cl2NO2S. The smallest absolute Gasteiger partial charge is 0.323 e. The van der Waals surface area contributed by atoms with Gasteiger partial charge >= 0.3 is 5.97 Å². The molecule has 0 radical (unpaired) electrons. The van der Waals surface area contributed by atoms with Gasteiger partial charge in [0, 0.05) is 4.90 Å². The number of hydrogen-bond acceptors (Lipinski definition) is 3. The Labute approximate surface area is 132 Å². The van der Waals surface area contributed by atoms with Crippen LogP contribution in [0.15, 0.2) is 23.1 Å². The fourth-order valence-corrected chi connectivity index (χ4v) is 4.04. The Kier molecular flexibility index (Phi) is 5.24. The molecule has 1 aliphatic rings. The highest BCUT2D eigenvalue weighted by Gasteiger charge is 2.45. The number of thioether (sulfide) groups is 1. The molecule has 1 aliphatic carbocycles. The molecule has 3 N–H and O–H groups in total. The second kappa shape index (κ2) is 6.56. The van der Waals surface area contributed by atoms with Gasteiger partial charge in [0.1, 0.15) is 5.54 Å². The van der Waals surface area contributed by atoms with Crippen molar-refractivity contribution in [2.45, 2.75) is 36.1 Å². The molecule has 1 saturated carbocycles. The lowest BCUT2D eigenvalue weighted by atomic mass is 9.86. The van der Waals surface area contributed by atoms with Crippen LogP contribution in [-0.2, 0) is 4.79 Å². The maximum Gasteiger partial charge on any atom is 0.323 e. The first kappa shape index (κ1) is 16.0. The fraction of sp³-hybridized carbons (Fsp3) is 0.500. The van der Waals surface area contributed by atoms with E-state index in [9.17, 15) is 9.90 Å². The highest BCUT2D eigenvalue weighted by atomic mass is 35.5. The zero-order valence-corrected chi connectivity index (χ0v) is 13.3. The van der Waals surface area contributed by atoms with E-state index in [4.69, 9.17) is 28.9 Å². The van der Waals surface area contributed by atoms with Crippen LogP contribution in [0, 0.1) is 5.92 Å². The number of rotatable bonds is 5. The van der Waals surface area contributed by atoms with Gasteiger partial charge in [0.25, 0.3) is 0 Å². The van der Waals surface area contributed by atoms with Crippen molar-refractivity contribution in [1.82, 2.24) is 0 Å². The van der Waals surface area contributed by atoms with Crippen LogP contribution in [0.1, 0.15) is 25.7 Å². The summed E-state index contributed by atoms with van der Waals surface area (Å²) in [6, 6.07) is 5.52. The molecule has 0 spiro atoms. The average Bonchev–Trinajstić information content (AvgIpc) is 2.77. The highest BCUT2D eigenvalue weighted by molar-refractivity contribution is 7.99. The molecule has 1 aromatic carbocycles. The van der Waals surface area contributed by atoms with Gasteiger partial charge in [-0.25, -0.2) is 0 Å². The lowest BCUT2D eigenvalue weighted by molar-refractivity contribution is -0.144. The third-order valence-electron chi connectivity index (χ3n) is 3.90. The van der Waals surface area contributed by atoms with Gasteiger partial charge in [0.2, 0.25) is 0 Å². The van der Waals surface area contributed by atoms with E-state index in [1.165, 1.54) is 0 Å². The normalized spacial score (nSPS) is 25.9. The summed E-state index contributed by atoms with van der Waals surface area (Å²) in [4.78, 5) is 12.3. The Morgan fingerprint density at radius 3 is 2.85 bits per heavy atom. The summed E-state index contributed by atoms with van der Waals surface area (Å²) in [5.74, 6) is 0.00398. The molecule has 2 atom stereocenters. The van der Waals surface area contributed by atoms with E-state index in [1.807, 2.05) is 12.1 Å². The zero-order chi connectivity index (χ0) is 14.8. The van der Waals surface area contributed by atoms with Crippen molar-refractivity contribution in [3.05, 3.63) is 28.2 Å². The minimum atomic E-state index is -1.04. The van der Waals surface area contributed by atoms with Crippen molar-refractivity contribution in [3.8, 4) is 0 Å². The number of nitrogens with two attached hydrogens (primary N) is 1. The van der Waals surface area contributed by atoms with Crippen molar-refractivity contribution in [2.75, 3.05) is 5.75 Å². The third kappa shape index (κ3) is 3.42. The summed E-state index contributed by atoms with van der Waals surface area (Å²) in [6.45, 7) is 0. The summed E-state index contributed by atoms with van der Waals surface area (Å²) in [6.07, 6.45) is 3.16. The number of carboxylic acids is 1. The van der Waals surface area contributed by atoms with Crippen LogP contribution >= 0.6 is 35.0 Å². The Bertz CT molecular complexity index is 512. The lowest BCUT2D eigenvalue weighted by Gasteiger charge is -2.26. The number of aliphatic carboxylic acids is 1. The van der Waals surface area contributed by atoms with Gasteiger partial charge in [0.15, 0.2) is 0 Å². The maximum atomic E-state index is 11.3. The van der Waals surface area contributed by atoms with Crippen LogP contribution in [0.2, 0.25) is 10.0 Å². The third-order valence-corrected chi connectivity index (χ3v) is 5.66. The molecule has 0 saturated heterocycles. The van der Waals surface area contributed by atoms with Crippen molar-refractivity contribution < 1.29 is 9.90 Å². The van der Waals surface area contributed by atoms with Crippen LogP contribution < -0.4 is 5.73 Å². The first-order valence-corrected chi connectivity index (χ1v) is 8.28. The summed E-state index contributed by atoms with van der Waals surface area (Å²) < 4.78 is 0. The number of benzene rings is 1. The number of halogens is 2. The van der Waals surface area contributed by atoms with Gasteiger partial charge in [0.05, 0.1) is 10.0 Å². The summed E-state index contributed by atoms with van der Waals surface area (Å²) in [5, 5.41) is 10.3. The van der Waals surface area contributed by atoms with Crippen LogP contribution in [0.3, 0.4) is 0 Å². The van der Waals surface area contributed by atoms with Gasteiger partial charge in [-0.3, -0.25) is 4.79 Å². The van der Waals surface area contributed by atoms with E-state index < -0.39 is 11.5 Å². The molecule has 20 heavy (non-hydrogen) atoms. The van der Waals surface area contributed by atoms with E-state index >= 15 is 0 Å². The standard InChI is InChI=1S/C14H17Cl2NO2S/c15-11-4-3-10(8-12(11)16)20-7-5-9-2-1-6-14(9,17)13(18)19/h3-4,8-9H,1-2,5-7,17H2,(H,18,19). The molecule has 2 unspecified atom stereocenters. The SMILES string of the molecule is NC1(C(=O)O)CCCC1CCSc1ccc(Cl)c(Cl)c1. The van der Waals surface area contributed by atoms with Crippen molar-refractivity contribution in [2.24, 2.45) is 11.7 Å². The predicted molar refractivity (Wildman–Crippen MR) is 83.7 cm³/mol. The van der Waals surface area contributed by atoms with Gasteiger partial charge < -0.3 is 10.8 Å². The summed E-state index contributed by atoms with van der Waals surface area (Å²) >= 11 is 13.5. The Hall–Kier alpha value is -0.420. The molecule has 0 aromatic heterocycles. The largest absolute Gasteiger partial charge is 0.480 e. The average molecular weight is 334 g/mol. The molecule has 1 aromatic rings. The van der Waals surface area contributed by atoms with Gasteiger partial charge in [-0.05, 0) is 49.1 Å². The van der Waals surface area contributed by atoms with Crippen LogP contribution in [0.4, 0.5) is 0 Å². The topological polar surface area (TPSA) is 63.3 Å². The first-order valence-electron chi connectivity index (χ1n) is 6.53. The van der Waals surface area contributed by atoms with Gasteiger partial charge in [-0.15, -0.1) is 11.8 Å². The molecule has 3 nitrogen and oxygen atoms in total. The number of carbonyl (C=O) groups is 1. The molecule has 0 bridgehead atoms. The highest BCUT2D eigenvalue weighted by Crippen LogP contribution is 2.38. The second-order valence-electron chi connectivity index (χ2n) is 5.15. The fourth-order valence-electron chi connectivity index (χ4n) is 2.67. The van der Waals surface area contributed by atoms with E-state index in [0.717, 1.165) is 29.9 Å². The maximum absolute atomic E-state index is 11.3. The second-order valence-corrected chi connectivity index (χ2v) is 7.13. The molecule has 6 heteroatoms. The predicted octanol–water partition coefficient (Wildman–Crippen LogP) is 4.06. The number of hydrogen-bond donors (Lipinski definition) is 2. The molecule has 0 aliphatic heterocycles. The first-order chi connectivity index (χ1) is 9.43. The quantitative estimate of drug-likeness (QED) is 0.797. The Morgan fingerprint density at radius 2 is 2.20 bits per heavy atom. The van der Waals surface area contributed by atoms with E-state index in [-0.39, 0.29) is 5.92 Å². The van der Waals surface area contributed by atoms with Crippen LogP contribution in [0.5, 0.6) is 0 Å². The van der Waals surface area contributed by atoms with Crippen molar-refractivity contribution in [3.63, 3.8) is 0 Å². The van der Waals surface area contributed by atoms with E-state index in [2.05, 4.69) is 0 Å². The summed E-state index contributed by atoms with van der Waals surface area (Å²) in [7, 11) is 0. The monoisotopic (exact) mass is 333 g/mol. The zero-order valence-electron chi connectivity index (χ0n) is 10.9. The molecule has 110 valence electrons. The van der Waals surface area contributed by atoms with E-state index in [1.54, 1.807) is 17.8 Å². The van der Waals surface area contributed by atoms with Crippen LogP contribution in [-0.4, -0.2) is 22.4 Å². The molecule has 0 heterocycles. The van der Waals surface area contributed by atoms with Crippen molar-refractivity contribution in [1.29, 1.82) is 0 Å². The van der Waals surface area contributed by atoms with Gasteiger partial charge in [-0.2, -0.15) is 0 Å². The minimum Gasteiger partial charge on any atom is -0.480 e. The minimum absolute atomic E-state index is 0.0512. The Morgan fingerprint density at radius 1 is 1.45 bits per heavy atom. The van der Waals surface area contributed by atoms with Gasteiger partial charge in [-0.1, -0.05) is 29.6 Å². The summed E-state index contributed by atoms with van der Waals surface area (Å²) in [5.41, 5.74) is 4.98. The molecule has 1 fully saturated rings. The van der Waals surface area contributed by atoms with E-state index in [0.29, 0.717) is 16.5 Å². The number of carboxylic acid groups (broad SMARTS) is 1.